The van der Waals surface area contributed by atoms with Gasteiger partial charge in [-0.2, -0.15) is 0 Å². The van der Waals surface area contributed by atoms with E-state index in [-0.39, 0.29) is 12.1 Å². The normalized spacial score (nSPS) is 29.0. The summed E-state index contributed by atoms with van der Waals surface area (Å²) in [5, 5.41) is 0. The Bertz CT molecular complexity index is 426. The third-order valence-electron chi connectivity index (χ3n) is 5.41. The van der Waals surface area contributed by atoms with Crippen molar-refractivity contribution in [3.8, 4) is 0 Å². The maximum absolute atomic E-state index is 6.64. The van der Waals surface area contributed by atoms with E-state index in [1.165, 1.54) is 44.1 Å². The van der Waals surface area contributed by atoms with Crippen LogP contribution in [0.15, 0.2) is 30.3 Å². The molecule has 3 rings (SSSR count). The van der Waals surface area contributed by atoms with Crippen molar-refractivity contribution in [1.29, 1.82) is 0 Å². The predicted molar refractivity (Wildman–Crippen MR) is 87.3 cm³/mol. The minimum atomic E-state index is 0.207. The zero-order valence-corrected chi connectivity index (χ0v) is 13.2. The topological polar surface area (TPSA) is 35.2 Å². The molecular formula is C19H29NO. The summed E-state index contributed by atoms with van der Waals surface area (Å²) in [6.45, 7) is 2.89. The van der Waals surface area contributed by atoms with Gasteiger partial charge in [0.05, 0.1) is 6.10 Å². The molecule has 2 fully saturated rings. The van der Waals surface area contributed by atoms with Gasteiger partial charge in [-0.1, -0.05) is 49.6 Å². The molecule has 0 aromatic heterocycles. The molecule has 2 saturated carbocycles. The van der Waals surface area contributed by atoms with E-state index in [9.17, 15) is 0 Å². The predicted octanol–water partition coefficient (Wildman–Crippen LogP) is 4.10. The van der Waals surface area contributed by atoms with Crippen molar-refractivity contribution in [1.82, 2.24) is 0 Å². The fourth-order valence-corrected chi connectivity index (χ4v) is 4.18. The van der Waals surface area contributed by atoms with Crippen molar-refractivity contribution in [2.75, 3.05) is 6.61 Å². The molecule has 0 aliphatic heterocycles. The van der Waals surface area contributed by atoms with Crippen LogP contribution < -0.4 is 5.73 Å². The Morgan fingerprint density at radius 2 is 1.86 bits per heavy atom. The highest BCUT2D eigenvalue weighted by Crippen LogP contribution is 2.50. The summed E-state index contributed by atoms with van der Waals surface area (Å²) >= 11 is 0. The fraction of sp³-hybridized carbons (Fsp3) is 0.684. The molecule has 116 valence electrons. The zero-order valence-electron chi connectivity index (χ0n) is 13.2. The average molecular weight is 287 g/mol. The zero-order chi connectivity index (χ0) is 14.7. The van der Waals surface area contributed by atoms with Crippen LogP contribution in [0.5, 0.6) is 0 Å². The lowest BCUT2D eigenvalue weighted by Gasteiger charge is -2.34. The Balaban J connectivity index is 1.63. The largest absolute Gasteiger partial charge is 0.377 e. The van der Waals surface area contributed by atoms with E-state index in [1.807, 2.05) is 0 Å². The third kappa shape index (κ3) is 3.49. The summed E-state index contributed by atoms with van der Waals surface area (Å²) in [5.74, 6) is 1.96. The highest BCUT2D eigenvalue weighted by atomic mass is 16.5. The molecule has 0 radical (unpaired) electrons. The molecule has 1 aromatic carbocycles. The van der Waals surface area contributed by atoms with E-state index in [0.717, 1.165) is 6.61 Å². The van der Waals surface area contributed by atoms with Crippen molar-refractivity contribution >= 4 is 0 Å². The molecule has 2 aliphatic rings. The van der Waals surface area contributed by atoms with Crippen molar-refractivity contribution < 1.29 is 4.74 Å². The van der Waals surface area contributed by atoms with Gasteiger partial charge in [0.15, 0.2) is 0 Å². The van der Waals surface area contributed by atoms with Crippen LogP contribution >= 0.6 is 0 Å². The van der Waals surface area contributed by atoms with Crippen LogP contribution in [0.4, 0.5) is 0 Å². The summed E-state index contributed by atoms with van der Waals surface area (Å²) in [6, 6.07) is 11.1. The number of rotatable bonds is 6. The van der Waals surface area contributed by atoms with Gasteiger partial charge in [-0.3, -0.25) is 0 Å². The van der Waals surface area contributed by atoms with Crippen LogP contribution in [-0.4, -0.2) is 18.8 Å². The number of nitrogens with two attached hydrogens (primary N) is 1. The van der Waals surface area contributed by atoms with Crippen molar-refractivity contribution in [2.24, 2.45) is 17.6 Å². The highest BCUT2D eigenvalue weighted by Gasteiger charge is 2.46. The number of hydrogen-bond donors (Lipinski definition) is 1. The maximum Gasteiger partial charge on any atom is 0.0756 e. The molecular weight excluding hydrogens is 258 g/mol. The third-order valence-corrected chi connectivity index (χ3v) is 5.41. The standard InChI is InChI=1S/C19H29NO/c1-2-21-19(15-11-7-4-8-12-15)18(20)17-13-16(17)14-9-5-3-6-10-14/h3,5-6,9-10,15-19H,2,4,7-8,11-13,20H2,1H3. The first kappa shape index (κ1) is 15.1. The van der Waals surface area contributed by atoms with Gasteiger partial charge in [0, 0.05) is 12.6 Å². The Hall–Kier alpha value is -0.860. The molecule has 1 aromatic rings. The highest BCUT2D eigenvalue weighted by molar-refractivity contribution is 5.27. The molecule has 2 N–H and O–H groups in total. The number of benzene rings is 1. The number of ether oxygens (including phenoxy) is 1. The second-order valence-corrected chi connectivity index (χ2v) is 6.81. The van der Waals surface area contributed by atoms with Crippen LogP contribution in [0.2, 0.25) is 0 Å². The first-order valence-electron chi connectivity index (χ1n) is 8.73. The minimum Gasteiger partial charge on any atom is -0.377 e. The first-order valence-corrected chi connectivity index (χ1v) is 8.73. The summed E-state index contributed by atoms with van der Waals surface area (Å²) < 4.78 is 6.10. The van der Waals surface area contributed by atoms with E-state index in [1.54, 1.807) is 0 Å². The van der Waals surface area contributed by atoms with E-state index in [0.29, 0.717) is 17.8 Å². The molecule has 0 saturated heterocycles. The lowest BCUT2D eigenvalue weighted by Crippen LogP contribution is -2.44. The maximum atomic E-state index is 6.64. The van der Waals surface area contributed by atoms with Gasteiger partial charge in [0.25, 0.3) is 0 Å². The molecule has 0 amide bonds. The van der Waals surface area contributed by atoms with E-state index in [4.69, 9.17) is 10.5 Å². The number of hydrogen-bond acceptors (Lipinski definition) is 2. The Morgan fingerprint density at radius 1 is 1.14 bits per heavy atom. The second kappa shape index (κ2) is 6.93. The van der Waals surface area contributed by atoms with Crippen molar-refractivity contribution in [3.63, 3.8) is 0 Å². The molecule has 21 heavy (non-hydrogen) atoms. The fourth-order valence-electron chi connectivity index (χ4n) is 4.18. The van der Waals surface area contributed by atoms with Gasteiger partial charge >= 0.3 is 0 Å². The molecule has 4 unspecified atom stereocenters. The van der Waals surface area contributed by atoms with E-state index >= 15 is 0 Å². The Morgan fingerprint density at radius 3 is 2.52 bits per heavy atom. The molecule has 4 atom stereocenters. The lowest BCUT2D eigenvalue weighted by atomic mass is 9.81. The smallest absolute Gasteiger partial charge is 0.0756 e. The first-order chi connectivity index (χ1) is 10.3. The molecule has 2 nitrogen and oxygen atoms in total. The van der Waals surface area contributed by atoms with Gasteiger partial charge in [0.2, 0.25) is 0 Å². The summed E-state index contributed by atoms with van der Waals surface area (Å²) in [5.41, 5.74) is 8.10. The molecule has 2 aliphatic carbocycles. The summed E-state index contributed by atoms with van der Waals surface area (Å²) in [7, 11) is 0. The molecule has 0 spiro atoms. The van der Waals surface area contributed by atoms with Gasteiger partial charge in [0.1, 0.15) is 0 Å². The van der Waals surface area contributed by atoms with Crippen molar-refractivity contribution in [3.05, 3.63) is 35.9 Å². The van der Waals surface area contributed by atoms with Gasteiger partial charge < -0.3 is 10.5 Å². The lowest BCUT2D eigenvalue weighted by molar-refractivity contribution is -0.0140. The summed E-state index contributed by atoms with van der Waals surface area (Å²) in [4.78, 5) is 0. The Labute approximate surface area is 129 Å². The average Bonchev–Trinajstić information content (AvgIpc) is 3.34. The van der Waals surface area contributed by atoms with Crippen LogP contribution in [0.25, 0.3) is 0 Å². The van der Waals surface area contributed by atoms with Crippen LogP contribution in [-0.2, 0) is 4.74 Å². The van der Waals surface area contributed by atoms with E-state index in [2.05, 4.69) is 37.3 Å². The van der Waals surface area contributed by atoms with E-state index < -0.39 is 0 Å². The monoisotopic (exact) mass is 287 g/mol. The SMILES string of the molecule is CCOC(C1CCCCC1)C(N)C1CC1c1ccccc1. The Kier molecular flexibility index (Phi) is 4.97. The quantitative estimate of drug-likeness (QED) is 0.855. The molecule has 0 heterocycles. The summed E-state index contributed by atoms with van der Waals surface area (Å²) in [6.07, 6.45) is 8.22. The van der Waals surface area contributed by atoms with Crippen molar-refractivity contribution in [2.45, 2.75) is 63.5 Å². The van der Waals surface area contributed by atoms with Gasteiger partial charge in [-0.25, -0.2) is 0 Å². The van der Waals surface area contributed by atoms with Crippen LogP contribution in [0.3, 0.4) is 0 Å². The molecule has 2 heteroatoms. The van der Waals surface area contributed by atoms with Gasteiger partial charge in [-0.15, -0.1) is 0 Å². The minimum absolute atomic E-state index is 0.207. The van der Waals surface area contributed by atoms with Crippen LogP contribution in [0, 0.1) is 11.8 Å². The molecule has 0 bridgehead atoms. The second-order valence-electron chi connectivity index (χ2n) is 6.81. The van der Waals surface area contributed by atoms with Crippen LogP contribution in [0.1, 0.15) is 56.9 Å². The van der Waals surface area contributed by atoms with Gasteiger partial charge in [-0.05, 0) is 49.5 Å².